The molecule has 3 rings (SSSR count). The monoisotopic (exact) mass is 224 g/mol. The topological polar surface area (TPSA) is 50.8 Å². The van der Waals surface area contributed by atoms with Crippen LogP contribution in [0, 0.1) is 6.20 Å². The van der Waals surface area contributed by atoms with E-state index in [1.165, 1.54) is 0 Å². The van der Waals surface area contributed by atoms with E-state index in [0.29, 0.717) is 18.3 Å². The van der Waals surface area contributed by atoms with Gasteiger partial charge in [0.05, 0.1) is 6.20 Å². The van der Waals surface area contributed by atoms with Gasteiger partial charge >= 0.3 is 0 Å². The molecular weight excluding hydrogens is 214 g/mol. The minimum atomic E-state index is 0.346. The number of ether oxygens (including phenoxy) is 1. The summed E-state index contributed by atoms with van der Waals surface area (Å²) in [5.74, 6) is 1.36. The van der Waals surface area contributed by atoms with Crippen LogP contribution in [0.2, 0.25) is 0 Å². The Morgan fingerprint density at radius 1 is 1.12 bits per heavy atom. The number of nitrogens with one attached hydrogen (secondary N) is 1. The molecule has 4 heteroatoms. The molecule has 0 saturated heterocycles. The number of fused-ring (bicyclic) bond motifs is 1. The maximum atomic E-state index is 5.63. The molecule has 1 aromatic carbocycles. The molecule has 1 N–H and O–H groups in total. The fourth-order valence-corrected chi connectivity index (χ4v) is 1.64. The number of aromatic amines is 1. The van der Waals surface area contributed by atoms with Crippen molar-refractivity contribution in [1.29, 1.82) is 0 Å². The Morgan fingerprint density at radius 2 is 1.94 bits per heavy atom. The van der Waals surface area contributed by atoms with Crippen molar-refractivity contribution in [3.8, 4) is 5.88 Å². The van der Waals surface area contributed by atoms with Crippen LogP contribution in [0.25, 0.3) is 10.8 Å². The Hall–Kier alpha value is -2.36. The SMILES string of the molecule is [c]1[nH]c(OCc2ncccn2)c2ccccc12. The molecule has 0 bridgehead atoms. The summed E-state index contributed by atoms with van der Waals surface area (Å²) in [7, 11) is 0. The molecule has 0 unspecified atom stereocenters. The summed E-state index contributed by atoms with van der Waals surface area (Å²) in [6, 6.07) is 9.69. The van der Waals surface area contributed by atoms with Crippen LogP contribution >= 0.6 is 0 Å². The summed E-state index contributed by atoms with van der Waals surface area (Å²) in [5, 5.41) is 2.03. The lowest BCUT2D eigenvalue weighted by molar-refractivity contribution is 0.289. The van der Waals surface area contributed by atoms with Gasteiger partial charge < -0.3 is 9.72 Å². The van der Waals surface area contributed by atoms with E-state index in [4.69, 9.17) is 4.74 Å². The molecule has 17 heavy (non-hydrogen) atoms. The van der Waals surface area contributed by atoms with Crippen molar-refractivity contribution in [3.63, 3.8) is 0 Å². The minimum absolute atomic E-state index is 0.346. The standard InChI is InChI=1S/C13H10N3O/c1-2-5-11-10(4-1)8-16-13(11)17-9-12-14-6-3-7-15-12/h1-7,16H,9H2. The molecule has 83 valence electrons. The van der Waals surface area contributed by atoms with E-state index < -0.39 is 0 Å². The van der Waals surface area contributed by atoms with Crippen molar-refractivity contribution < 1.29 is 4.74 Å². The molecule has 0 fully saturated rings. The second kappa shape index (κ2) is 4.25. The molecule has 0 amide bonds. The third kappa shape index (κ3) is 1.97. The van der Waals surface area contributed by atoms with Crippen LogP contribution in [-0.2, 0) is 6.61 Å². The Bertz CT molecular complexity index is 619. The molecule has 0 aliphatic carbocycles. The molecule has 0 aliphatic rings. The predicted molar refractivity (Wildman–Crippen MR) is 63.5 cm³/mol. The van der Waals surface area contributed by atoms with E-state index in [1.54, 1.807) is 18.5 Å². The summed E-state index contributed by atoms with van der Waals surface area (Å²) in [6.45, 7) is 0.346. The third-order valence-electron chi connectivity index (χ3n) is 2.45. The van der Waals surface area contributed by atoms with Crippen molar-refractivity contribution in [3.05, 3.63) is 54.7 Å². The molecule has 4 nitrogen and oxygen atoms in total. The van der Waals surface area contributed by atoms with Gasteiger partial charge in [-0.15, -0.1) is 0 Å². The highest BCUT2D eigenvalue weighted by molar-refractivity contribution is 5.86. The Labute approximate surface area is 98.3 Å². The van der Waals surface area contributed by atoms with E-state index in [0.717, 1.165) is 10.8 Å². The molecule has 0 aliphatic heterocycles. The average Bonchev–Trinajstić information content (AvgIpc) is 2.81. The van der Waals surface area contributed by atoms with Gasteiger partial charge in [0.15, 0.2) is 11.7 Å². The van der Waals surface area contributed by atoms with Crippen LogP contribution in [0.4, 0.5) is 0 Å². The van der Waals surface area contributed by atoms with Gasteiger partial charge in [0.25, 0.3) is 0 Å². The Morgan fingerprint density at radius 3 is 2.82 bits per heavy atom. The van der Waals surface area contributed by atoms with Gasteiger partial charge in [-0.2, -0.15) is 0 Å². The van der Waals surface area contributed by atoms with Crippen LogP contribution in [-0.4, -0.2) is 15.0 Å². The van der Waals surface area contributed by atoms with Crippen molar-refractivity contribution in [1.82, 2.24) is 15.0 Å². The number of hydrogen-bond donors (Lipinski definition) is 1. The fraction of sp³-hybridized carbons (Fsp3) is 0.0769. The molecule has 0 atom stereocenters. The predicted octanol–water partition coefficient (Wildman–Crippen LogP) is 2.34. The first kappa shape index (κ1) is 9.84. The summed E-state index contributed by atoms with van der Waals surface area (Å²) in [6.07, 6.45) is 6.43. The zero-order valence-electron chi connectivity index (χ0n) is 9.05. The maximum absolute atomic E-state index is 5.63. The lowest BCUT2D eigenvalue weighted by atomic mass is 10.2. The smallest absolute Gasteiger partial charge is 0.199 e. The summed E-state index contributed by atoms with van der Waals surface area (Å²) in [5.41, 5.74) is 0. The lowest BCUT2D eigenvalue weighted by Crippen LogP contribution is -2.00. The van der Waals surface area contributed by atoms with Crippen LogP contribution in [0.1, 0.15) is 5.82 Å². The molecule has 0 saturated carbocycles. The molecule has 2 heterocycles. The number of hydrogen-bond acceptors (Lipinski definition) is 3. The van der Waals surface area contributed by atoms with E-state index in [2.05, 4.69) is 21.1 Å². The number of rotatable bonds is 3. The van der Waals surface area contributed by atoms with E-state index >= 15 is 0 Å². The van der Waals surface area contributed by atoms with Crippen molar-refractivity contribution in [2.24, 2.45) is 0 Å². The molecule has 2 aromatic heterocycles. The van der Waals surface area contributed by atoms with Crippen LogP contribution < -0.4 is 4.74 Å². The largest absolute Gasteiger partial charge is 0.470 e. The van der Waals surface area contributed by atoms with Gasteiger partial charge in [0.2, 0.25) is 0 Å². The average molecular weight is 224 g/mol. The van der Waals surface area contributed by atoms with Gasteiger partial charge in [0, 0.05) is 23.2 Å². The van der Waals surface area contributed by atoms with Crippen molar-refractivity contribution in [2.75, 3.05) is 0 Å². The van der Waals surface area contributed by atoms with E-state index in [9.17, 15) is 0 Å². The molecule has 1 radical (unpaired) electrons. The van der Waals surface area contributed by atoms with Gasteiger partial charge in [0.1, 0.15) is 6.61 Å². The van der Waals surface area contributed by atoms with Gasteiger partial charge in [-0.05, 0) is 12.1 Å². The molecule has 0 spiro atoms. The van der Waals surface area contributed by atoms with Crippen LogP contribution in [0.3, 0.4) is 0 Å². The van der Waals surface area contributed by atoms with Crippen molar-refractivity contribution in [2.45, 2.75) is 6.61 Å². The maximum Gasteiger partial charge on any atom is 0.199 e. The number of benzene rings is 1. The first-order chi connectivity index (χ1) is 8.43. The summed E-state index contributed by atoms with van der Waals surface area (Å²) < 4.78 is 5.63. The van der Waals surface area contributed by atoms with Gasteiger partial charge in [-0.1, -0.05) is 18.2 Å². The molecular formula is C13H10N3O. The number of aromatic nitrogens is 3. The Balaban J connectivity index is 1.82. The number of H-pyrrole nitrogens is 1. The van der Waals surface area contributed by atoms with E-state index in [-0.39, 0.29) is 0 Å². The minimum Gasteiger partial charge on any atom is -0.470 e. The second-order valence-corrected chi connectivity index (χ2v) is 3.58. The first-order valence-corrected chi connectivity index (χ1v) is 5.30. The quantitative estimate of drug-likeness (QED) is 0.742. The van der Waals surface area contributed by atoms with Gasteiger partial charge in [-0.25, -0.2) is 9.97 Å². The summed E-state index contributed by atoms with van der Waals surface area (Å²) >= 11 is 0. The Kier molecular flexibility index (Phi) is 2.46. The highest BCUT2D eigenvalue weighted by atomic mass is 16.5. The fourth-order valence-electron chi connectivity index (χ4n) is 1.64. The van der Waals surface area contributed by atoms with Crippen LogP contribution in [0.5, 0.6) is 5.88 Å². The lowest BCUT2D eigenvalue weighted by Gasteiger charge is -2.02. The first-order valence-electron chi connectivity index (χ1n) is 5.30. The highest BCUT2D eigenvalue weighted by Gasteiger charge is 2.04. The summed E-state index contributed by atoms with van der Waals surface area (Å²) in [4.78, 5) is 11.2. The zero-order valence-corrected chi connectivity index (χ0v) is 9.05. The third-order valence-corrected chi connectivity index (χ3v) is 2.45. The van der Waals surface area contributed by atoms with E-state index in [1.807, 2.05) is 24.3 Å². The van der Waals surface area contributed by atoms with Crippen LogP contribution in [0.15, 0.2) is 42.7 Å². The van der Waals surface area contributed by atoms with Gasteiger partial charge in [-0.3, -0.25) is 0 Å². The normalized spacial score (nSPS) is 10.6. The number of nitrogens with zero attached hydrogens (tertiary/aromatic N) is 2. The van der Waals surface area contributed by atoms with Crippen molar-refractivity contribution >= 4 is 10.8 Å². The highest BCUT2D eigenvalue weighted by Crippen LogP contribution is 2.23. The molecule has 3 aromatic rings. The zero-order chi connectivity index (χ0) is 11.5. The second-order valence-electron chi connectivity index (χ2n) is 3.58.